The summed E-state index contributed by atoms with van der Waals surface area (Å²) < 4.78 is 31.4. The molecule has 1 fully saturated rings. The molecule has 1 aromatic carbocycles. The Morgan fingerprint density at radius 2 is 1.75 bits per heavy atom. The maximum atomic E-state index is 13.1. The van der Waals surface area contributed by atoms with Gasteiger partial charge >= 0.3 is 6.09 Å². The zero-order valence-electron chi connectivity index (χ0n) is 16.1. The lowest BCUT2D eigenvalue weighted by Gasteiger charge is -2.44. The van der Waals surface area contributed by atoms with E-state index in [0.29, 0.717) is 6.07 Å². The number of nitrogens with zero attached hydrogens (tertiary/aromatic N) is 1. The average molecular weight is 398 g/mol. The molecule has 2 N–H and O–H groups in total. The predicted molar refractivity (Wildman–Crippen MR) is 95.7 cm³/mol. The largest absolute Gasteiger partial charge is 0.444 e. The summed E-state index contributed by atoms with van der Waals surface area (Å²) >= 11 is 0. The minimum Gasteiger partial charge on any atom is -0.444 e. The van der Waals surface area contributed by atoms with Crippen molar-refractivity contribution in [1.29, 1.82) is 0 Å². The highest BCUT2D eigenvalue weighted by Crippen LogP contribution is 2.23. The van der Waals surface area contributed by atoms with E-state index in [-0.39, 0.29) is 38.0 Å². The van der Waals surface area contributed by atoms with Gasteiger partial charge in [-0.1, -0.05) is 0 Å². The Hall–Kier alpha value is -2.55. The third-order valence-electron chi connectivity index (χ3n) is 4.03. The molecule has 2 rings (SSSR count). The number of hydrogen-bond donors (Lipinski definition) is 2. The smallest absolute Gasteiger partial charge is 0.410 e. The van der Waals surface area contributed by atoms with Gasteiger partial charge in [0.25, 0.3) is 5.91 Å². The highest BCUT2D eigenvalue weighted by Gasteiger charge is 2.50. The van der Waals surface area contributed by atoms with Crippen LogP contribution in [-0.4, -0.2) is 58.6 Å². The molecule has 1 aliphatic heterocycles. The molecular formula is C19H24F2N2O5. The van der Waals surface area contributed by atoms with Crippen LogP contribution < -0.4 is 5.32 Å². The van der Waals surface area contributed by atoms with E-state index in [0.717, 1.165) is 12.1 Å². The number of halogens is 2. The van der Waals surface area contributed by atoms with Gasteiger partial charge in [0, 0.05) is 24.6 Å². The van der Waals surface area contributed by atoms with Crippen molar-refractivity contribution in [2.75, 3.05) is 19.6 Å². The third kappa shape index (κ3) is 5.72. The maximum absolute atomic E-state index is 13.1. The minimum atomic E-state index is -1.70. The lowest BCUT2D eigenvalue weighted by Crippen LogP contribution is -2.70. The summed E-state index contributed by atoms with van der Waals surface area (Å²) in [6.45, 7) is 4.86. The summed E-state index contributed by atoms with van der Waals surface area (Å²) in [6, 6.07) is 2.58. The van der Waals surface area contributed by atoms with E-state index >= 15 is 0 Å². The maximum Gasteiger partial charge on any atom is 0.410 e. The van der Waals surface area contributed by atoms with Crippen LogP contribution in [0.1, 0.15) is 44.0 Å². The molecule has 0 spiro atoms. The minimum absolute atomic E-state index is 0.0222. The van der Waals surface area contributed by atoms with Crippen molar-refractivity contribution in [3.05, 3.63) is 35.4 Å². The van der Waals surface area contributed by atoms with Crippen molar-refractivity contribution in [3.8, 4) is 0 Å². The van der Waals surface area contributed by atoms with Gasteiger partial charge in [0.1, 0.15) is 17.2 Å². The lowest BCUT2D eigenvalue weighted by atomic mass is 9.93. The van der Waals surface area contributed by atoms with Gasteiger partial charge in [0.05, 0.1) is 13.1 Å². The van der Waals surface area contributed by atoms with E-state index in [1.54, 1.807) is 20.8 Å². The van der Waals surface area contributed by atoms with E-state index < -0.39 is 40.6 Å². The van der Waals surface area contributed by atoms with Gasteiger partial charge in [0.2, 0.25) is 0 Å². The normalized spacial score (nSPS) is 15.6. The summed E-state index contributed by atoms with van der Waals surface area (Å²) in [4.78, 5) is 37.1. The molecule has 9 heteroatoms. The van der Waals surface area contributed by atoms with Gasteiger partial charge in [-0.2, -0.15) is 0 Å². The van der Waals surface area contributed by atoms with E-state index in [9.17, 15) is 28.3 Å². The second kappa shape index (κ2) is 8.22. The topological polar surface area (TPSA) is 95.9 Å². The van der Waals surface area contributed by atoms with Crippen LogP contribution in [0.4, 0.5) is 13.6 Å². The monoisotopic (exact) mass is 398 g/mol. The molecule has 0 unspecified atom stereocenters. The number of carbonyl (C=O) groups is 3. The number of ether oxygens (including phenoxy) is 1. The van der Waals surface area contributed by atoms with Crippen LogP contribution in [-0.2, 0) is 9.53 Å². The van der Waals surface area contributed by atoms with Crippen LogP contribution in [0.15, 0.2) is 18.2 Å². The SMILES string of the molecule is CC(C)(C)OC(=O)N1CC(O)(C(=O)NCCCC(=O)c2cc(F)cc(F)c2)C1. The zero-order chi connectivity index (χ0) is 21.1. The van der Waals surface area contributed by atoms with Gasteiger partial charge in [-0.3, -0.25) is 9.59 Å². The van der Waals surface area contributed by atoms with Gasteiger partial charge in [-0.25, -0.2) is 13.6 Å². The van der Waals surface area contributed by atoms with Crippen LogP contribution in [0, 0.1) is 11.6 Å². The fourth-order valence-electron chi connectivity index (χ4n) is 2.66. The summed E-state index contributed by atoms with van der Waals surface area (Å²) in [7, 11) is 0. The number of Topliss-reactive ketones (excluding diaryl/α,β-unsaturated/α-hetero) is 1. The molecule has 0 radical (unpaired) electrons. The first-order valence-corrected chi connectivity index (χ1v) is 8.87. The molecule has 0 bridgehead atoms. The van der Waals surface area contributed by atoms with Crippen LogP contribution in [0.3, 0.4) is 0 Å². The van der Waals surface area contributed by atoms with Crippen molar-refractivity contribution in [3.63, 3.8) is 0 Å². The predicted octanol–water partition coefficient (Wildman–Crippen LogP) is 2.03. The molecule has 0 atom stereocenters. The van der Waals surface area contributed by atoms with E-state index in [4.69, 9.17) is 4.74 Å². The average Bonchev–Trinajstić information content (AvgIpc) is 2.52. The summed E-state index contributed by atoms with van der Waals surface area (Å²) in [5.74, 6) is -2.78. The van der Waals surface area contributed by atoms with Gasteiger partial charge in [-0.05, 0) is 39.3 Å². The fraction of sp³-hybridized carbons (Fsp3) is 0.526. The molecular weight excluding hydrogens is 374 g/mol. The molecule has 7 nitrogen and oxygen atoms in total. The van der Waals surface area contributed by atoms with Crippen molar-refractivity contribution in [2.24, 2.45) is 0 Å². The lowest BCUT2D eigenvalue weighted by molar-refractivity contribution is -0.157. The van der Waals surface area contributed by atoms with Crippen molar-refractivity contribution in [2.45, 2.75) is 44.8 Å². The molecule has 1 aromatic rings. The number of amides is 2. The second-order valence-corrected chi connectivity index (χ2v) is 7.81. The number of aliphatic hydroxyl groups is 1. The summed E-state index contributed by atoms with van der Waals surface area (Å²) in [5, 5.41) is 12.7. The molecule has 0 aliphatic carbocycles. The zero-order valence-corrected chi connectivity index (χ0v) is 16.1. The first-order chi connectivity index (χ1) is 12.9. The Labute approximate surface area is 161 Å². The molecule has 28 heavy (non-hydrogen) atoms. The van der Waals surface area contributed by atoms with Gasteiger partial charge < -0.3 is 20.1 Å². The van der Waals surface area contributed by atoms with E-state index in [2.05, 4.69) is 5.32 Å². The van der Waals surface area contributed by atoms with E-state index in [1.165, 1.54) is 4.90 Å². The standard InChI is InChI=1S/C19H24F2N2O5/c1-18(2,3)28-17(26)23-10-19(27,11-23)16(25)22-6-4-5-15(24)12-7-13(20)9-14(21)8-12/h7-9,27H,4-6,10-11H2,1-3H3,(H,22,25). The number of benzene rings is 1. The van der Waals surface area contributed by atoms with Crippen molar-refractivity contribution < 1.29 is 33.0 Å². The first kappa shape index (κ1) is 21.7. The Balaban J connectivity index is 1.73. The van der Waals surface area contributed by atoms with E-state index in [1.807, 2.05) is 0 Å². The highest BCUT2D eigenvalue weighted by molar-refractivity contribution is 5.96. The van der Waals surface area contributed by atoms with Crippen LogP contribution >= 0.6 is 0 Å². The molecule has 1 heterocycles. The second-order valence-electron chi connectivity index (χ2n) is 7.81. The third-order valence-corrected chi connectivity index (χ3v) is 4.03. The summed E-state index contributed by atoms with van der Waals surface area (Å²) in [6.07, 6.45) is -0.405. The highest BCUT2D eigenvalue weighted by atomic mass is 19.1. The van der Waals surface area contributed by atoms with Crippen molar-refractivity contribution >= 4 is 17.8 Å². The quantitative estimate of drug-likeness (QED) is 0.565. The van der Waals surface area contributed by atoms with Crippen molar-refractivity contribution in [1.82, 2.24) is 10.2 Å². The molecule has 2 amide bonds. The number of hydrogen-bond acceptors (Lipinski definition) is 5. The van der Waals surface area contributed by atoms with Crippen LogP contribution in [0.2, 0.25) is 0 Å². The molecule has 1 aliphatic rings. The molecule has 1 saturated heterocycles. The Kier molecular flexibility index (Phi) is 6.38. The number of nitrogens with one attached hydrogen (secondary N) is 1. The number of likely N-dealkylation sites (tertiary alicyclic amines) is 1. The number of rotatable bonds is 6. The number of ketones is 1. The molecule has 154 valence electrons. The van der Waals surface area contributed by atoms with Gasteiger partial charge in [-0.15, -0.1) is 0 Å². The van der Waals surface area contributed by atoms with Gasteiger partial charge in [0.15, 0.2) is 11.4 Å². The Bertz CT molecular complexity index is 750. The number of carbonyl (C=O) groups excluding carboxylic acids is 3. The molecule has 0 saturated carbocycles. The van der Waals surface area contributed by atoms with Crippen LogP contribution in [0.5, 0.6) is 0 Å². The Morgan fingerprint density at radius 3 is 2.29 bits per heavy atom. The number of β-amino-alcohol motifs (C(OH)–C–C–N with tert-alkyl or cyclic N) is 1. The fourth-order valence-corrected chi connectivity index (χ4v) is 2.66. The Morgan fingerprint density at radius 1 is 1.18 bits per heavy atom. The first-order valence-electron chi connectivity index (χ1n) is 8.87. The van der Waals surface area contributed by atoms with Crippen LogP contribution in [0.25, 0.3) is 0 Å². The summed E-state index contributed by atoms with van der Waals surface area (Å²) in [5.41, 5.74) is -2.45. The molecule has 0 aromatic heterocycles.